The molecule has 0 aliphatic rings. The van der Waals surface area contributed by atoms with Crippen molar-refractivity contribution in [3.8, 4) is 0 Å². The molecule has 0 bridgehead atoms. The van der Waals surface area contributed by atoms with E-state index in [2.05, 4.69) is 9.59 Å². The third-order valence-electron chi connectivity index (χ3n) is 0.943. The second-order valence-electron chi connectivity index (χ2n) is 1.56. The minimum atomic E-state index is -1.02. The molecule has 0 radical (unpaired) electrons. The largest absolute Gasteiger partial charge is 0.477 e. The van der Waals surface area contributed by atoms with Crippen molar-refractivity contribution in [2.45, 2.75) is 6.54 Å². The second kappa shape index (κ2) is 2.72. The summed E-state index contributed by atoms with van der Waals surface area (Å²) < 4.78 is 3.45. The van der Waals surface area contributed by atoms with Gasteiger partial charge in [-0.3, -0.25) is 0 Å². The number of aromatic carboxylic acids is 1. The molecule has 0 aliphatic heterocycles. The van der Waals surface area contributed by atoms with Crippen molar-refractivity contribution in [3.05, 3.63) is 10.6 Å². The number of nitrogens with two attached hydrogens (primary N) is 1. The quantitative estimate of drug-likeness (QED) is 0.618. The van der Waals surface area contributed by atoms with Gasteiger partial charge in [-0.15, -0.1) is 5.10 Å². The van der Waals surface area contributed by atoms with Gasteiger partial charge in [0, 0.05) is 6.54 Å². The van der Waals surface area contributed by atoms with Crippen LogP contribution in [0.15, 0.2) is 0 Å². The van der Waals surface area contributed by atoms with E-state index in [0.717, 1.165) is 11.5 Å². The van der Waals surface area contributed by atoms with E-state index in [1.807, 2.05) is 0 Å². The van der Waals surface area contributed by atoms with Crippen LogP contribution >= 0.6 is 11.5 Å². The van der Waals surface area contributed by atoms with E-state index in [4.69, 9.17) is 10.8 Å². The van der Waals surface area contributed by atoms with Crippen LogP contribution in [0.5, 0.6) is 0 Å². The van der Waals surface area contributed by atoms with Crippen LogP contribution in [-0.4, -0.2) is 20.7 Å². The Kier molecular flexibility index (Phi) is 1.93. The van der Waals surface area contributed by atoms with E-state index in [-0.39, 0.29) is 11.4 Å². The normalized spacial score (nSPS) is 9.70. The predicted octanol–water partition coefficient (Wildman–Crippen LogP) is -0.305. The number of nitrogens with zero attached hydrogens (tertiary/aromatic N) is 2. The molecule has 0 spiro atoms. The molecule has 10 heavy (non-hydrogen) atoms. The first-order valence-electron chi connectivity index (χ1n) is 2.50. The van der Waals surface area contributed by atoms with E-state index in [1.54, 1.807) is 0 Å². The van der Waals surface area contributed by atoms with Crippen LogP contribution in [0.2, 0.25) is 0 Å². The maximum absolute atomic E-state index is 10.3. The molecule has 1 aromatic rings. The van der Waals surface area contributed by atoms with Crippen molar-refractivity contribution in [2.75, 3.05) is 0 Å². The van der Waals surface area contributed by atoms with Gasteiger partial charge >= 0.3 is 5.97 Å². The van der Waals surface area contributed by atoms with Gasteiger partial charge in [-0.05, 0) is 11.5 Å². The third-order valence-corrected chi connectivity index (χ3v) is 1.70. The first kappa shape index (κ1) is 7.10. The monoisotopic (exact) mass is 159 g/mol. The van der Waals surface area contributed by atoms with Crippen molar-refractivity contribution < 1.29 is 9.90 Å². The topological polar surface area (TPSA) is 89.1 Å². The van der Waals surface area contributed by atoms with Gasteiger partial charge in [0.2, 0.25) is 0 Å². The lowest BCUT2D eigenvalue weighted by Gasteiger charge is -1.87. The molecular weight excluding hydrogens is 154 g/mol. The average Bonchev–Trinajstić information content (AvgIpc) is 2.33. The number of carbonyl (C=O) groups is 1. The standard InChI is InChI=1S/C4H5N3O2S/c5-1-2-3(4(8)9)10-7-6-2/h1,5H2,(H,8,9). The molecule has 0 aliphatic carbocycles. The fraction of sp³-hybridized carbons (Fsp3) is 0.250. The Bertz CT molecular complexity index is 246. The number of rotatable bonds is 2. The smallest absolute Gasteiger partial charge is 0.349 e. The van der Waals surface area contributed by atoms with Gasteiger partial charge < -0.3 is 10.8 Å². The molecule has 1 aromatic heterocycles. The summed E-state index contributed by atoms with van der Waals surface area (Å²) in [5.41, 5.74) is 5.52. The number of carboxylic acids is 1. The number of aromatic nitrogens is 2. The van der Waals surface area contributed by atoms with Crippen molar-refractivity contribution in [1.82, 2.24) is 9.59 Å². The highest BCUT2D eigenvalue weighted by atomic mass is 32.1. The van der Waals surface area contributed by atoms with E-state index in [1.165, 1.54) is 0 Å². The van der Waals surface area contributed by atoms with Crippen molar-refractivity contribution >= 4 is 17.5 Å². The molecule has 6 heteroatoms. The molecule has 3 N–H and O–H groups in total. The van der Waals surface area contributed by atoms with Crippen LogP contribution < -0.4 is 5.73 Å². The lowest BCUT2D eigenvalue weighted by molar-refractivity contribution is 0.0701. The molecule has 54 valence electrons. The van der Waals surface area contributed by atoms with Gasteiger partial charge in [0.25, 0.3) is 0 Å². The van der Waals surface area contributed by atoms with Crippen LogP contribution in [0.4, 0.5) is 0 Å². The highest BCUT2D eigenvalue weighted by Crippen LogP contribution is 2.08. The summed E-state index contributed by atoms with van der Waals surface area (Å²) in [5.74, 6) is -1.02. The summed E-state index contributed by atoms with van der Waals surface area (Å²) in [6, 6.07) is 0. The maximum Gasteiger partial charge on any atom is 0.349 e. The summed E-state index contributed by atoms with van der Waals surface area (Å²) in [7, 11) is 0. The Morgan fingerprint density at radius 3 is 2.90 bits per heavy atom. The highest BCUT2D eigenvalue weighted by Gasteiger charge is 2.12. The molecule has 0 fully saturated rings. The molecule has 0 atom stereocenters. The van der Waals surface area contributed by atoms with Crippen LogP contribution in [0.1, 0.15) is 15.4 Å². The van der Waals surface area contributed by atoms with Gasteiger partial charge in [0.05, 0.1) is 0 Å². The zero-order chi connectivity index (χ0) is 7.56. The predicted molar refractivity (Wildman–Crippen MR) is 34.8 cm³/mol. The van der Waals surface area contributed by atoms with Crippen molar-refractivity contribution in [1.29, 1.82) is 0 Å². The van der Waals surface area contributed by atoms with E-state index in [9.17, 15) is 4.79 Å². The lowest BCUT2D eigenvalue weighted by atomic mass is 10.4. The highest BCUT2D eigenvalue weighted by molar-refractivity contribution is 7.07. The van der Waals surface area contributed by atoms with E-state index < -0.39 is 5.97 Å². The molecular formula is C4H5N3O2S. The number of hydrogen-bond donors (Lipinski definition) is 2. The Hall–Kier alpha value is -1.01. The Balaban J connectivity index is 3.01. The summed E-state index contributed by atoms with van der Waals surface area (Å²) in [4.78, 5) is 10.4. The van der Waals surface area contributed by atoms with Gasteiger partial charge in [0.15, 0.2) is 4.88 Å². The zero-order valence-electron chi connectivity index (χ0n) is 4.94. The Morgan fingerprint density at radius 1 is 1.80 bits per heavy atom. The lowest BCUT2D eigenvalue weighted by Crippen LogP contribution is -2.04. The van der Waals surface area contributed by atoms with Gasteiger partial charge in [-0.1, -0.05) is 4.49 Å². The minimum Gasteiger partial charge on any atom is -0.477 e. The molecule has 0 saturated heterocycles. The first-order chi connectivity index (χ1) is 4.75. The summed E-state index contributed by atoms with van der Waals surface area (Å²) in [5, 5.41) is 12.0. The average molecular weight is 159 g/mol. The molecule has 1 heterocycles. The maximum atomic E-state index is 10.3. The Morgan fingerprint density at radius 2 is 2.50 bits per heavy atom. The molecule has 1 rings (SSSR count). The summed E-state index contributed by atoms with van der Waals surface area (Å²) >= 11 is 0.842. The number of carboxylic acid groups (broad SMARTS) is 1. The van der Waals surface area contributed by atoms with Crippen LogP contribution in [0.25, 0.3) is 0 Å². The molecule has 0 unspecified atom stereocenters. The fourth-order valence-electron chi connectivity index (χ4n) is 0.505. The molecule has 0 saturated carbocycles. The van der Waals surface area contributed by atoms with Crippen LogP contribution in [-0.2, 0) is 6.54 Å². The third kappa shape index (κ3) is 1.12. The minimum absolute atomic E-state index is 0.123. The summed E-state index contributed by atoms with van der Waals surface area (Å²) in [6.07, 6.45) is 0. The van der Waals surface area contributed by atoms with Crippen LogP contribution in [0, 0.1) is 0 Å². The number of hydrogen-bond acceptors (Lipinski definition) is 5. The summed E-state index contributed by atoms with van der Waals surface area (Å²) in [6.45, 7) is 0.123. The Labute approximate surface area is 60.6 Å². The molecule has 0 aromatic carbocycles. The van der Waals surface area contributed by atoms with Gasteiger partial charge in [-0.2, -0.15) is 0 Å². The zero-order valence-corrected chi connectivity index (χ0v) is 5.76. The molecule has 0 amide bonds. The van der Waals surface area contributed by atoms with Crippen LogP contribution in [0.3, 0.4) is 0 Å². The van der Waals surface area contributed by atoms with Gasteiger partial charge in [0.1, 0.15) is 5.69 Å². The molecule has 5 nitrogen and oxygen atoms in total. The van der Waals surface area contributed by atoms with Crippen molar-refractivity contribution in [3.63, 3.8) is 0 Å². The SMILES string of the molecule is NCc1nnsc1C(=O)O. The van der Waals surface area contributed by atoms with Crippen molar-refractivity contribution in [2.24, 2.45) is 5.73 Å². The second-order valence-corrected chi connectivity index (χ2v) is 2.31. The van der Waals surface area contributed by atoms with E-state index in [0.29, 0.717) is 5.69 Å². The fourth-order valence-corrected chi connectivity index (χ4v) is 1.03. The van der Waals surface area contributed by atoms with E-state index >= 15 is 0 Å². The van der Waals surface area contributed by atoms with Gasteiger partial charge in [-0.25, -0.2) is 4.79 Å². The first-order valence-corrected chi connectivity index (χ1v) is 3.27.